The topological polar surface area (TPSA) is 65.5 Å². The molecule has 5 nitrogen and oxygen atoms in total. The van der Waals surface area contributed by atoms with Gasteiger partial charge >= 0.3 is 5.97 Å². The average Bonchev–Trinajstić information content (AvgIpc) is 3.16. The molecule has 0 saturated carbocycles. The molecule has 0 spiro atoms. The van der Waals surface area contributed by atoms with Gasteiger partial charge in [-0.25, -0.2) is 9.18 Å². The lowest BCUT2D eigenvalue weighted by Gasteiger charge is -2.04. The molecule has 0 radical (unpaired) electrons. The van der Waals surface area contributed by atoms with Crippen molar-refractivity contribution in [2.75, 3.05) is 0 Å². The largest absolute Gasteiger partial charge is 0.461 e. The summed E-state index contributed by atoms with van der Waals surface area (Å²) in [6.07, 6.45) is 1.51. The van der Waals surface area contributed by atoms with Crippen LogP contribution in [0.4, 0.5) is 4.39 Å². The van der Waals surface area contributed by atoms with Crippen LogP contribution in [-0.4, -0.2) is 11.1 Å². The molecule has 0 unspecified atom stereocenters. The van der Waals surface area contributed by atoms with Gasteiger partial charge in [0.05, 0.1) is 16.8 Å². The normalized spacial score (nSPS) is 10.6. The number of hydrogen-bond acceptors (Lipinski definition) is 5. The molecule has 112 valence electrons. The molecule has 0 N–H and O–H groups in total. The van der Waals surface area contributed by atoms with Crippen LogP contribution in [0, 0.1) is 5.82 Å². The molecule has 0 bridgehead atoms. The van der Waals surface area contributed by atoms with E-state index in [0.29, 0.717) is 17.2 Å². The molecule has 0 saturated heterocycles. The van der Waals surface area contributed by atoms with Crippen LogP contribution in [0.5, 0.6) is 0 Å². The van der Waals surface area contributed by atoms with Crippen molar-refractivity contribution in [3.8, 4) is 11.5 Å². The van der Waals surface area contributed by atoms with E-state index >= 15 is 0 Å². The van der Waals surface area contributed by atoms with Crippen molar-refractivity contribution in [1.29, 1.82) is 0 Å². The maximum atomic E-state index is 12.9. The summed E-state index contributed by atoms with van der Waals surface area (Å²) in [4.78, 5) is 11.9. The molecule has 7 heteroatoms. The van der Waals surface area contributed by atoms with Crippen molar-refractivity contribution < 1.29 is 22.9 Å². The fraction of sp³-hybridized carbons (Fsp3) is 0.0667. The van der Waals surface area contributed by atoms with Crippen LogP contribution in [-0.2, 0) is 11.3 Å². The smallest absolute Gasteiger partial charge is 0.340 e. The van der Waals surface area contributed by atoms with Gasteiger partial charge in [0.25, 0.3) is 0 Å². The molecule has 0 amide bonds. The van der Waals surface area contributed by atoms with E-state index in [1.807, 2.05) is 0 Å². The van der Waals surface area contributed by atoms with Gasteiger partial charge in [-0.15, -0.1) is 0 Å². The molecule has 0 aliphatic carbocycles. The van der Waals surface area contributed by atoms with Crippen LogP contribution < -0.4 is 0 Å². The molecule has 0 aliphatic rings. The summed E-state index contributed by atoms with van der Waals surface area (Å²) in [5, 5.41) is 3.76. The Labute approximate surface area is 129 Å². The number of ether oxygens (including phenoxy) is 1. The van der Waals surface area contributed by atoms with Crippen LogP contribution in [0.3, 0.4) is 0 Å². The highest BCUT2D eigenvalue weighted by molar-refractivity contribution is 6.33. The zero-order valence-electron chi connectivity index (χ0n) is 11.1. The molecule has 0 fully saturated rings. The van der Waals surface area contributed by atoms with Crippen molar-refractivity contribution in [1.82, 2.24) is 5.16 Å². The van der Waals surface area contributed by atoms with Crippen LogP contribution in [0.25, 0.3) is 11.5 Å². The number of rotatable bonds is 4. The third-order valence-corrected chi connectivity index (χ3v) is 3.14. The summed E-state index contributed by atoms with van der Waals surface area (Å²) in [6.45, 7) is -0.100. The Morgan fingerprint density at radius 1 is 1.27 bits per heavy atom. The summed E-state index contributed by atoms with van der Waals surface area (Å²) in [5.41, 5.74) is 0.496. The lowest BCUT2D eigenvalue weighted by molar-refractivity contribution is 0.0464. The van der Waals surface area contributed by atoms with Gasteiger partial charge in [0, 0.05) is 6.07 Å². The van der Waals surface area contributed by atoms with E-state index in [-0.39, 0.29) is 17.2 Å². The maximum Gasteiger partial charge on any atom is 0.340 e. The monoisotopic (exact) mass is 321 g/mol. The van der Waals surface area contributed by atoms with Gasteiger partial charge in [-0.05, 0) is 30.3 Å². The average molecular weight is 322 g/mol. The van der Waals surface area contributed by atoms with Crippen molar-refractivity contribution >= 4 is 17.6 Å². The molecule has 2 aromatic heterocycles. The highest BCUT2D eigenvalue weighted by Gasteiger charge is 2.15. The summed E-state index contributed by atoms with van der Waals surface area (Å²) in [5.74, 6) is -0.254. The fourth-order valence-electron chi connectivity index (χ4n) is 1.79. The second-order valence-electron chi connectivity index (χ2n) is 4.36. The number of hydrogen-bond donors (Lipinski definition) is 0. The first kappa shape index (κ1) is 14.3. The van der Waals surface area contributed by atoms with E-state index < -0.39 is 11.8 Å². The lowest BCUT2D eigenvalue weighted by Crippen LogP contribution is -2.06. The zero-order valence-corrected chi connectivity index (χ0v) is 11.8. The molecule has 2 heterocycles. The summed E-state index contributed by atoms with van der Waals surface area (Å²) < 4.78 is 28.2. The van der Waals surface area contributed by atoms with E-state index in [9.17, 15) is 9.18 Å². The third kappa shape index (κ3) is 3.01. The minimum absolute atomic E-state index is 0.0126. The Hall–Kier alpha value is -2.60. The lowest BCUT2D eigenvalue weighted by atomic mass is 10.2. The number of furan rings is 1. The Bertz CT molecular complexity index is 798. The Morgan fingerprint density at radius 3 is 2.86 bits per heavy atom. The fourth-order valence-corrected chi connectivity index (χ4v) is 2.03. The number of carbonyl (C=O) groups is 1. The second kappa shape index (κ2) is 6.03. The second-order valence-corrected chi connectivity index (χ2v) is 4.77. The maximum absolute atomic E-state index is 12.9. The zero-order chi connectivity index (χ0) is 15.5. The molecule has 0 aliphatic heterocycles. The molecule has 3 aromatic rings. The first-order valence-electron chi connectivity index (χ1n) is 6.25. The SMILES string of the molecule is O=C(OCc1cc(-c2ccco2)on1)c1ccc(F)cc1Cl. The molecule has 3 rings (SSSR count). The van der Waals surface area contributed by atoms with Crippen LogP contribution in [0.15, 0.2) is 51.6 Å². The quantitative estimate of drug-likeness (QED) is 0.677. The van der Waals surface area contributed by atoms with Gasteiger partial charge in [-0.1, -0.05) is 16.8 Å². The molecule has 22 heavy (non-hydrogen) atoms. The van der Waals surface area contributed by atoms with Crippen molar-refractivity contribution in [2.24, 2.45) is 0 Å². The predicted octanol–water partition coefficient (Wildman–Crippen LogP) is 4.08. The highest BCUT2D eigenvalue weighted by atomic mass is 35.5. The first-order chi connectivity index (χ1) is 10.6. The van der Waals surface area contributed by atoms with Gasteiger partial charge < -0.3 is 13.7 Å². The Balaban J connectivity index is 1.66. The van der Waals surface area contributed by atoms with E-state index in [0.717, 1.165) is 12.1 Å². The Kier molecular flexibility index (Phi) is 3.93. The van der Waals surface area contributed by atoms with Gasteiger partial charge in [0.15, 0.2) is 5.76 Å². The predicted molar refractivity (Wildman–Crippen MR) is 74.7 cm³/mol. The molecule has 0 atom stereocenters. The van der Waals surface area contributed by atoms with Gasteiger partial charge in [-0.3, -0.25) is 0 Å². The number of nitrogens with zero attached hydrogens (tertiary/aromatic N) is 1. The van der Waals surface area contributed by atoms with Gasteiger partial charge in [0.1, 0.15) is 18.1 Å². The number of carbonyl (C=O) groups excluding carboxylic acids is 1. The molecule has 1 aromatic carbocycles. The summed E-state index contributed by atoms with van der Waals surface area (Å²) in [7, 11) is 0. The van der Waals surface area contributed by atoms with Crippen LogP contribution in [0.1, 0.15) is 16.1 Å². The van der Waals surface area contributed by atoms with E-state index in [1.54, 1.807) is 18.2 Å². The van der Waals surface area contributed by atoms with Gasteiger partial charge in [0.2, 0.25) is 5.76 Å². The number of benzene rings is 1. The minimum Gasteiger partial charge on any atom is -0.461 e. The highest BCUT2D eigenvalue weighted by Crippen LogP contribution is 2.22. The molecular weight excluding hydrogens is 313 g/mol. The molecular formula is C15H9ClFNO4. The first-order valence-corrected chi connectivity index (χ1v) is 6.63. The van der Waals surface area contributed by atoms with E-state index in [2.05, 4.69) is 5.16 Å². The van der Waals surface area contributed by atoms with Crippen molar-refractivity contribution in [3.63, 3.8) is 0 Å². The summed E-state index contributed by atoms with van der Waals surface area (Å²) in [6, 6.07) is 8.47. The number of halogens is 2. The number of aromatic nitrogens is 1. The Morgan fingerprint density at radius 2 is 2.14 bits per heavy atom. The van der Waals surface area contributed by atoms with Gasteiger partial charge in [-0.2, -0.15) is 0 Å². The van der Waals surface area contributed by atoms with Crippen LogP contribution in [0.2, 0.25) is 5.02 Å². The van der Waals surface area contributed by atoms with Crippen LogP contribution >= 0.6 is 11.6 Å². The van der Waals surface area contributed by atoms with E-state index in [4.69, 9.17) is 25.3 Å². The van der Waals surface area contributed by atoms with E-state index in [1.165, 1.54) is 12.3 Å². The third-order valence-electron chi connectivity index (χ3n) is 2.83. The minimum atomic E-state index is -0.674. The van der Waals surface area contributed by atoms with Crippen molar-refractivity contribution in [2.45, 2.75) is 6.61 Å². The summed E-state index contributed by atoms with van der Waals surface area (Å²) >= 11 is 5.79. The van der Waals surface area contributed by atoms with Crippen molar-refractivity contribution in [3.05, 3.63) is 64.8 Å². The standard InChI is InChI=1S/C15H9ClFNO4/c16-12-6-9(17)3-4-11(12)15(19)21-8-10-7-14(22-18-10)13-2-1-5-20-13/h1-7H,8H2. The number of esters is 1.